The van der Waals surface area contributed by atoms with E-state index in [1.807, 2.05) is 0 Å². The van der Waals surface area contributed by atoms with Crippen LogP contribution < -0.4 is 4.90 Å². The first-order chi connectivity index (χ1) is 9.99. The second-order valence-electron chi connectivity index (χ2n) is 5.24. The highest BCUT2D eigenvalue weighted by Gasteiger charge is 2.42. The molecular formula is C14H13F3N2O2. The van der Waals surface area contributed by atoms with E-state index >= 15 is 0 Å². The molecule has 2 fully saturated rings. The molecule has 0 radical (unpaired) electrons. The molecule has 1 unspecified atom stereocenters. The largest absolute Gasteiger partial charge is 0.329 e. The summed E-state index contributed by atoms with van der Waals surface area (Å²) in [5.41, 5.74) is -0.518. The van der Waals surface area contributed by atoms with E-state index in [1.54, 1.807) is 0 Å². The van der Waals surface area contributed by atoms with Gasteiger partial charge >= 0.3 is 0 Å². The second kappa shape index (κ2) is 5.05. The number of carbonyl (C=O) groups excluding carboxylic acids is 2. The van der Waals surface area contributed by atoms with E-state index in [1.165, 1.54) is 4.90 Å². The van der Waals surface area contributed by atoms with Gasteiger partial charge in [0.05, 0.1) is 5.69 Å². The molecule has 2 heterocycles. The summed E-state index contributed by atoms with van der Waals surface area (Å²) in [6, 6.07) is 0.482. The number of piperidine rings is 1. The van der Waals surface area contributed by atoms with Crippen molar-refractivity contribution in [3.63, 3.8) is 0 Å². The zero-order chi connectivity index (χ0) is 15.1. The van der Waals surface area contributed by atoms with Gasteiger partial charge in [-0.15, -0.1) is 0 Å². The van der Waals surface area contributed by atoms with E-state index < -0.39 is 41.6 Å². The molecule has 0 saturated carbocycles. The Hall–Kier alpha value is -2.05. The van der Waals surface area contributed by atoms with Gasteiger partial charge in [-0.2, -0.15) is 0 Å². The summed E-state index contributed by atoms with van der Waals surface area (Å²) in [4.78, 5) is 26.8. The first-order valence-electron chi connectivity index (χ1n) is 6.74. The highest BCUT2D eigenvalue weighted by Crippen LogP contribution is 2.29. The van der Waals surface area contributed by atoms with Gasteiger partial charge in [0.2, 0.25) is 11.8 Å². The van der Waals surface area contributed by atoms with Crippen LogP contribution in [0.5, 0.6) is 0 Å². The predicted molar refractivity (Wildman–Crippen MR) is 68.0 cm³/mol. The van der Waals surface area contributed by atoms with Crippen molar-refractivity contribution in [1.29, 1.82) is 0 Å². The van der Waals surface area contributed by atoms with Gasteiger partial charge in [-0.25, -0.2) is 13.2 Å². The summed E-state index contributed by atoms with van der Waals surface area (Å²) in [7, 11) is 0. The van der Waals surface area contributed by atoms with Crippen molar-refractivity contribution in [1.82, 2.24) is 4.90 Å². The molecule has 112 valence electrons. The fourth-order valence-electron chi connectivity index (χ4n) is 2.91. The van der Waals surface area contributed by atoms with Crippen LogP contribution in [0.15, 0.2) is 12.1 Å². The number of benzene rings is 1. The molecule has 2 saturated heterocycles. The van der Waals surface area contributed by atoms with E-state index in [9.17, 15) is 22.8 Å². The quantitative estimate of drug-likeness (QED) is 0.742. The van der Waals surface area contributed by atoms with Gasteiger partial charge in [-0.1, -0.05) is 0 Å². The molecule has 1 aromatic carbocycles. The topological polar surface area (TPSA) is 40.6 Å². The number of nitrogens with zero attached hydrogens (tertiary/aromatic N) is 2. The molecule has 4 nitrogen and oxygen atoms in total. The summed E-state index contributed by atoms with van der Waals surface area (Å²) >= 11 is 0. The number of halogens is 3. The highest BCUT2D eigenvalue weighted by atomic mass is 19.2. The predicted octanol–water partition coefficient (Wildman–Crippen LogP) is 1.83. The Morgan fingerprint density at radius 3 is 2.62 bits per heavy atom. The first kappa shape index (κ1) is 13.9. The Morgan fingerprint density at radius 2 is 1.86 bits per heavy atom. The fourth-order valence-corrected chi connectivity index (χ4v) is 2.91. The van der Waals surface area contributed by atoms with Gasteiger partial charge in [0.15, 0.2) is 11.6 Å². The van der Waals surface area contributed by atoms with E-state index in [0.29, 0.717) is 19.0 Å². The Bertz CT molecular complexity index is 620. The molecule has 21 heavy (non-hydrogen) atoms. The average Bonchev–Trinajstić information content (AvgIpc) is 2.47. The number of anilines is 1. The van der Waals surface area contributed by atoms with Crippen molar-refractivity contribution in [2.24, 2.45) is 0 Å². The monoisotopic (exact) mass is 298 g/mol. The zero-order valence-corrected chi connectivity index (χ0v) is 11.1. The van der Waals surface area contributed by atoms with Crippen LogP contribution in [0.2, 0.25) is 0 Å². The van der Waals surface area contributed by atoms with Crippen LogP contribution in [0, 0.1) is 17.5 Å². The van der Waals surface area contributed by atoms with Crippen LogP contribution in [0.4, 0.5) is 18.9 Å². The van der Waals surface area contributed by atoms with Crippen LogP contribution in [0.25, 0.3) is 0 Å². The zero-order valence-electron chi connectivity index (χ0n) is 11.1. The lowest BCUT2D eigenvalue weighted by Gasteiger charge is -2.42. The van der Waals surface area contributed by atoms with Gasteiger partial charge in [0.25, 0.3) is 0 Å². The molecular weight excluding hydrogens is 285 g/mol. The third kappa shape index (κ3) is 2.26. The minimum Gasteiger partial charge on any atom is -0.329 e. The molecule has 2 aliphatic rings. The standard InChI is InChI=1S/C14H13F3N2O2/c15-8-5-9(16)13(17)11(6-8)19-7-12(20)18-4-2-1-3-10(18)14(19)21/h5-6,10H,1-4,7H2. The summed E-state index contributed by atoms with van der Waals surface area (Å²) in [6.07, 6.45) is 2.09. The average molecular weight is 298 g/mol. The third-order valence-corrected chi connectivity index (χ3v) is 3.93. The van der Waals surface area contributed by atoms with Crippen molar-refractivity contribution < 1.29 is 22.8 Å². The lowest BCUT2D eigenvalue weighted by Crippen LogP contribution is -2.61. The smallest absolute Gasteiger partial charge is 0.250 e. The van der Waals surface area contributed by atoms with Gasteiger partial charge in [-0.3, -0.25) is 14.5 Å². The van der Waals surface area contributed by atoms with Crippen molar-refractivity contribution in [3.8, 4) is 0 Å². The summed E-state index contributed by atoms with van der Waals surface area (Å²) in [6.45, 7) is 0.0955. The third-order valence-electron chi connectivity index (χ3n) is 3.93. The number of carbonyl (C=O) groups is 2. The number of hydrogen-bond donors (Lipinski definition) is 0. The molecule has 0 bridgehead atoms. The minimum atomic E-state index is -1.38. The van der Waals surface area contributed by atoms with E-state index in [-0.39, 0.29) is 5.91 Å². The lowest BCUT2D eigenvalue weighted by molar-refractivity contribution is -0.144. The maximum atomic E-state index is 13.8. The normalized spacial score (nSPS) is 22.5. The van der Waals surface area contributed by atoms with E-state index in [4.69, 9.17) is 0 Å². The molecule has 3 rings (SSSR count). The minimum absolute atomic E-state index is 0.330. The molecule has 7 heteroatoms. The molecule has 0 N–H and O–H groups in total. The lowest BCUT2D eigenvalue weighted by atomic mass is 9.98. The van der Waals surface area contributed by atoms with Gasteiger partial charge in [-0.05, 0) is 19.3 Å². The Labute approximate surface area is 119 Å². The van der Waals surface area contributed by atoms with Crippen molar-refractivity contribution in [2.45, 2.75) is 25.3 Å². The molecule has 0 spiro atoms. The first-order valence-corrected chi connectivity index (χ1v) is 6.74. The van der Waals surface area contributed by atoms with Gasteiger partial charge in [0, 0.05) is 18.7 Å². The summed E-state index contributed by atoms with van der Waals surface area (Å²) in [5, 5.41) is 0. The molecule has 0 aliphatic carbocycles. The maximum Gasteiger partial charge on any atom is 0.250 e. The fraction of sp³-hybridized carbons (Fsp3) is 0.429. The summed E-state index contributed by atoms with van der Waals surface area (Å²) < 4.78 is 40.4. The number of piperazine rings is 1. The van der Waals surface area contributed by atoms with Crippen LogP contribution in [0.3, 0.4) is 0 Å². The molecule has 2 amide bonds. The second-order valence-corrected chi connectivity index (χ2v) is 5.24. The van der Waals surface area contributed by atoms with Crippen LogP contribution in [-0.4, -0.2) is 35.8 Å². The number of hydrogen-bond acceptors (Lipinski definition) is 2. The number of amides is 2. The molecule has 1 aromatic rings. The van der Waals surface area contributed by atoms with Gasteiger partial charge in [0.1, 0.15) is 18.4 Å². The van der Waals surface area contributed by atoms with E-state index in [2.05, 4.69) is 0 Å². The number of fused-ring (bicyclic) bond motifs is 1. The van der Waals surface area contributed by atoms with Crippen LogP contribution in [-0.2, 0) is 9.59 Å². The summed E-state index contributed by atoms with van der Waals surface area (Å²) in [5.74, 6) is -4.50. The van der Waals surface area contributed by atoms with E-state index in [0.717, 1.165) is 23.8 Å². The van der Waals surface area contributed by atoms with Crippen molar-refractivity contribution in [2.75, 3.05) is 18.0 Å². The molecule has 2 aliphatic heterocycles. The molecule has 1 atom stereocenters. The Kier molecular flexibility index (Phi) is 3.35. The van der Waals surface area contributed by atoms with Gasteiger partial charge < -0.3 is 4.90 Å². The van der Waals surface area contributed by atoms with Crippen LogP contribution >= 0.6 is 0 Å². The van der Waals surface area contributed by atoms with Crippen molar-refractivity contribution >= 4 is 17.5 Å². The maximum absolute atomic E-state index is 13.8. The number of rotatable bonds is 1. The van der Waals surface area contributed by atoms with Crippen LogP contribution in [0.1, 0.15) is 19.3 Å². The Morgan fingerprint density at radius 1 is 1.10 bits per heavy atom. The van der Waals surface area contributed by atoms with Crippen molar-refractivity contribution in [3.05, 3.63) is 29.6 Å². The SMILES string of the molecule is O=C1C2CCCCN2C(=O)CN1c1cc(F)cc(F)c1F. The highest BCUT2D eigenvalue weighted by molar-refractivity contribution is 6.06. The molecule has 0 aromatic heterocycles. The Balaban J connectivity index is 1.99.